The second kappa shape index (κ2) is 6.94. The van der Waals surface area contributed by atoms with Crippen molar-refractivity contribution in [2.24, 2.45) is 5.92 Å². The predicted octanol–water partition coefficient (Wildman–Crippen LogP) is 1.97. The lowest BCUT2D eigenvalue weighted by Gasteiger charge is -2.53. The van der Waals surface area contributed by atoms with Gasteiger partial charge >= 0.3 is 0 Å². The van der Waals surface area contributed by atoms with Gasteiger partial charge in [0.15, 0.2) is 5.82 Å². The predicted molar refractivity (Wildman–Crippen MR) is 90.2 cm³/mol. The third-order valence-corrected chi connectivity index (χ3v) is 5.42. The summed E-state index contributed by atoms with van der Waals surface area (Å²) in [5.74, 6) is 1.61. The molecule has 3 aliphatic heterocycles. The molecule has 0 radical (unpaired) electrons. The molecule has 0 aliphatic carbocycles. The molecular weight excluding hydrogens is 306 g/mol. The van der Waals surface area contributed by atoms with Crippen LogP contribution in [0.4, 0.5) is 5.82 Å². The monoisotopic (exact) mass is 333 g/mol. The number of ether oxygens (including phenoxy) is 3. The first kappa shape index (κ1) is 16.2. The molecule has 0 bridgehead atoms. The maximum Gasteiger partial charge on any atom is 0.151 e. The van der Waals surface area contributed by atoms with Crippen LogP contribution in [0.3, 0.4) is 0 Å². The Bertz CT molecular complexity index is 539. The smallest absolute Gasteiger partial charge is 0.151 e. The fourth-order valence-corrected chi connectivity index (χ4v) is 3.90. The zero-order chi connectivity index (χ0) is 16.4. The zero-order valence-electron chi connectivity index (χ0n) is 14.4. The highest BCUT2D eigenvalue weighted by molar-refractivity contribution is 5.43. The van der Waals surface area contributed by atoms with Crippen LogP contribution in [0.2, 0.25) is 0 Å². The van der Waals surface area contributed by atoms with E-state index in [-0.39, 0.29) is 5.60 Å². The summed E-state index contributed by atoms with van der Waals surface area (Å²) in [6.07, 6.45) is 4.59. The Morgan fingerprint density at radius 3 is 2.75 bits per heavy atom. The van der Waals surface area contributed by atoms with E-state index in [1.807, 2.05) is 19.1 Å². The van der Waals surface area contributed by atoms with E-state index in [0.29, 0.717) is 12.0 Å². The molecule has 4 rings (SSSR count). The minimum absolute atomic E-state index is 0.0504. The molecule has 1 spiro atoms. The van der Waals surface area contributed by atoms with Gasteiger partial charge < -0.3 is 19.1 Å². The van der Waals surface area contributed by atoms with Crippen molar-refractivity contribution in [1.82, 2.24) is 10.2 Å². The molecule has 24 heavy (non-hydrogen) atoms. The fourth-order valence-electron chi connectivity index (χ4n) is 3.90. The molecule has 3 fully saturated rings. The molecule has 3 saturated heterocycles. The standard InChI is InChI=1S/C18H27N3O3/c1-14-2-3-17(20-19-14)21-12-18(13-21)10-16(6-9-24-18)23-11-15-4-7-22-8-5-15/h2-3,15-16H,4-13H2,1H3/t16-/m0/s1. The molecule has 132 valence electrons. The Morgan fingerprint density at radius 1 is 1.17 bits per heavy atom. The van der Waals surface area contributed by atoms with Crippen LogP contribution in [0.5, 0.6) is 0 Å². The van der Waals surface area contributed by atoms with Crippen molar-refractivity contribution in [1.29, 1.82) is 0 Å². The topological polar surface area (TPSA) is 56.7 Å². The van der Waals surface area contributed by atoms with E-state index >= 15 is 0 Å². The van der Waals surface area contributed by atoms with Gasteiger partial charge in [-0.1, -0.05) is 0 Å². The SMILES string of the molecule is Cc1ccc(N2CC3(C[C@@H](OCC4CCOCC4)CCO3)C2)nn1. The molecule has 3 aliphatic rings. The number of hydrogen-bond donors (Lipinski definition) is 0. The first-order valence-electron chi connectivity index (χ1n) is 9.11. The van der Waals surface area contributed by atoms with Crippen LogP contribution in [0, 0.1) is 12.8 Å². The van der Waals surface area contributed by atoms with Crippen molar-refractivity contribution < 1.29 is 14.2 Å². The number of hydrogen-bond acceptors (Lipinski definition) is 6. The normalized spacial score (nSPS) is 27.2. The number of anilines is 1. The Balaban J connectivity index is 1.27. The molecule has 6 heteroatoms. The Hall–Kier alpha value is -1.24. The molecule has 0 N–H and O–H groups in total. The van der Waals surface area contributed by atoms with Gasteiger partial charge in [0.1, 0.15) is 5.60 Å². The number of rotatable bonds is 4. The van der Waals surface area contributed by atoms with Crippen LogP contribution >= 0.6 is 0 Å². The minimum atomic E-state index is -0.0504. The summed E-state index contributed by atoms with van der Waals surface area (Å²) in [5.41, 5.74) is 0.898. The average Bonchev–Trinajstić information content (AvgIpc) is 2.60. The quantitative estimate of drug-likeness (QED) is 0.840. The van der Waals surface area contributed by atoms with Crippen LogP contribution in [0.15, 0.2) is 12.1 Å². The number of aryl methyl sites for hydroxylation is 1. The number of aromatic nitrogens is 2. The summed E-state index contributed by atoms with van der Waals surface area (Å²) in [7, 11) is 0. The molecule has 6 nitrogen and oxygen atoms in total. The summed E-state index contributed by atoms with van der Waals surface area (Å²) in [6.45, 7) is 7.18. The van der Waals surface area contributed by atoms with Gasteiger partial charge in [0.25, 0.3) is 0 Å². The van der Waals surface area contributed by atoms with Crippen LogP contribution in [0.1, 0.15) is 31.4 Å². The molecular formula is C18H27N3O3. The van der Waals surface area contributed by atoms with E-state index in [1.165, 1.54) is 0 Å². The van der Waals surface area contributed by atoms with Gasteiger partial charge in [-0.2, -0.15) is 5.10 Å². The zero-order valence-corrected chi connectivity index (χ0v) is 14.4. The maximum atomic E-state index is 6.23. The van der Waals surface area contributed by atoms with Gasteiger partial charge in [0, 0.05) is 32.8 Å². The van der Waals surface area contributed by atoms with Crippen molar-refractivity contribution in [2.75, 3.05) is 44.4 Å². The highest BCUT2D eigenvalue weighted by Gasteiger charge is 2.48. The van der Waals surface area contributed by atoms with E-state index in [9.17, 15) is 0 Å². The second-order valence-corrected chi connectivity index (χ2v) is 7.42. The summed E-state index contributed by atoms with van der Waals surface area (Å²) < 4.78 is 17.8. The Labute approximate surface area is 143 Å². The number of nitrogens with zero attached hydrogens (tertiary/aromatic N) is 3. The van der Waals surface area contributed by atoms with Gasteiger partial charge in [0.05, 0.1) is 24.9 Å². The van der Waals surface area contributed by atoms with Crippen molar-refractivity contribution in [3.8, 4) is 0 Å². The van der Waals surface area contributed by atoms with Crippen molar-refractivity contribution in [3.05, 3.63) is 17.8 Å². The van der Waals surface area contributed by atoms with Crippen molar-refractivity contribution >= 4 is 5.82 Å². The fraction of sp³-hybridized carbons (Fsp3) is 0.778. The summed E-state index contributed by atoms with van der Waals surface area (Å²) in [5, 5.41) is 8.42. The molecule has 0 aromatic carbocycles. The lowest BCUT2D eigenvalue weighted by molar-refractivity contribution is -0.150. The van der Waals surface area contributed by atoms with Crippen molar-refractivity contribution in [2.45, 2.75) is 44.3 Å². The highest BCUT2D eigenvalue weighted by Crippen LogP contribution is 2.37. The first-order valence-corrected chi connectivity index (χ1v) is 9.11. The van der Waals surface area contributed by atoms with Crippen LogP contribution in [-0.2, 0) is 14.2 Å². The molecule has 1 aromatic rings. The lowest BCUT2D eigenvalue weighted by Crippen LogP contribution is -2.66. The van der Waals surface area contributed by atoms with E-state index in [1.54, 1.807) is 0 Å². The summed E-state index contributed by atoms with van der Waals surface area (Å²) in [6, 6.07) is 4.05. The Morgan fingerprint density at radius 2 is 2.00 bits per heavy atom. The second-order valence-electron chi connectivity index (χ2n) is 7.42. The maximum absolute atomic E-state index is 6.23. The largest absolute Gasteiger partial charge is 0.381 e. The van der Waals surface area contributed by atoms with Gasteiger partial charge in [-0.25, -0.2) is 0 Å². The van der Waals surface area contributed by atoms with Crippen molar-refractivity contribution in [3.63, 3.8) is 0 Å². The molecule has 0 amide bonds. The highest BCUT2D eigenvalue weighted by atomic mass is 16.5. The third-order valence-electron chi connectivity index (χ3n) is 5.42. The Kier molecular flexibility index (Phi) is 4.70. The molecule has 4 heterocycles. The van der Waals surface area contributed by atoms with Gasteiger partial charge in [-0.15, -0.1) is 5.10 Å². The van der Waals surface area contributed by atoms with Crippen LogP contribution in [0.25, 0.3) is 0 Å². The summed E-state index contributed by atoms with van der Waals surface area (Å²) in [4.78, 5) is 2.24. The van der Waals surface area contributed by atoms with Gasteiger partial charge in [-0.05, 0) is 44.2 Å². The van der Waals surface area contributed by atoms with Gasteiger partial charge in [-0.3, -0.25) is 0 Å². The molecule has 0 saturated carbocycles. The van der Waals surface area contributed by atoms with E-state index in [2.05, 4.69) is 15.1 Å². The first-order chi connectivity index (χ1) is 11.7. The lowest BCUT2D eigenvalue weighted by atomic mass is 9.84. The van der Waals surface area contributed by atoms with E-state index in [4.69, 9.17) is 14.2 Å². The molecule has 1 atom stereocenters. The molecule has 1 aromatic heterocycles. The summed E-state index contributed by atoms with van der Waals surface area (Å²) >= 11 is 0. The average molecular weight is 333 g/mol. The van der Waals surface area contributed by atoms with Gasteiger partial charge in [0.2, 0.25) is 0 Å². The van der Waals surface area contributed by atoms with Crippen LogP contribution in [-0.4, -0.2) is 61.4 Å². The third kappa shape index (κ3) is 3.55. The van der Waals surface area contributed by atoms with E-state index < -0.39 is 0 Å². The van der Waals surface area contributed by atoms with E-state index in [0.717, 1.165) is 76.7 Å². The molecule has 0 unspecified atom stereocenters. The van der Waals surface area contributed by atoms with Crippen LogP contribution < -0.4 is 4.90 Å². The minimum Gasteiger partial charge on any atom is -0.381 e.